The van der Waals surface area contributed by atoms with E-state index in [4.69, 9.17) is 0 Å². The molecule has 0 spiro atoms. The molecule has 0 fully saturated rings. The van der Waals surface area contributed by atoms with Gasteiger partial charge in [0.2, 0.25) is 5.91 Å². The lowest BCUT2D eigenvalue weighted by molar-refractivity contribution is -0.114. The third-order valence-corrected chi connectivity index (χ3v) is 6.05. The molecule has 7 heteroatoms. The van der Waals surface area contributed by atoms with Gasteiger partial charge in [-0.2, -0.15) is 0 Å². The Kier molecular flexibility index (Phi) is 5.93. The zero-order valence-electron chi connectivity index (χ0n) is 14.2. The average Bonchev–Trinajstić information content (AvgIpc) is 2.67. The monoisotopic (exact) mass is 444 g/mol. The zero-order chi connectivity index (χ0) is 19.3. The number of nitrogens with one attached hydrogen (secondary N) is 1. The smallest absolute Gasteiger partial charge is 0.264 e. The number of nitrogens with zero attached hydrogens (tertiary/aromatic N) is 1. The van der Waals surface area contributed by atoms with E-state index in [-0.39, 0.29) is 11.4 Å². The van der Waals surface area contributed by atoms with Gasteiger partial charge in [-0.15, -0.1) is 0 Å². The Labute approximate surface area is 166 Å². The van der Waals surface area contributed by atoms with Crippen molar-refractivity contribution in [3.63, 3.8) is 0 Å². The number of carbonyl (C=O) groups is 1. The van der Waals surface area contributed by atoms with Crippen molar-refractivity contribution < 1.29 is 13.2 Å². The van der Waals surface area contributed by atoms with E-state index >= 15 is 0 Å². The minimum atomic E-state index is -3.89. The van der Waals surface area contributed by atoms with E-state index < -0.39 is 15.9 Å². The maximum absolute atomic E-state index is 13.1. The largest absolute Gasteiger partial charge is 0.324 e. The van der Waals surface area contributed by atoms with Crippen LogP contribution in [0.1, 0.15) is 0 Å². The van der Waals surface area contributed by atoms with Crippen LogP contribution in [0.4, 0.5) is 11.4 Å². The maximum atomic E-state index is 13.1. The lowest BCUT2D eigenvalue weighted by Gasteiger charge is -2.24. The Hall–Kier alpha value is -2.64. The summed E-state index contributed by atoms with van der Waals surface area (Å²) in [7, 11) is -3.89. The Morgan fingerprint density at radius 3 is 2.15 bits per heavy atom. The first-order valence-electron chi connectivity index (χ1n) is 8.15. The van der Waals surface area contributed by atoms with Gasteiger partial charge in [0, 0.05) is 10.2 Å². The number of halogens is 1. The quantitative estimate of drug-likeness (QED) is 0.616. The fourth-order valence-electron chi connectivity index (χ4n) is 2.53. The number of rotatable bonds is 6. The van der Waals surface area contributed by atoms with Crippen LogP contribution in [-0.4, -0.2) is 20.9 Å². The zero-order valence-corrected chi connectivity index (χ0v) is 16.7. The van der Waals surface area contributed by atoms with Gasteiger partial charge in [-0.05, 0) is 42.5 Å². The molecule has 0 unspecified atom stereocenters. The second-order valence-corrected chi connectivity index (χ2v) is 8.50. The summed E-state index contributed by atoms with van der Waals surface area (Å²) in [4.78, 5) is 12.7. The topological polar surface area (TPSA) is 66.5 Å². The molecule has 5 nitrogen and oxygen atoms in total. The van der Waals surface area contributed by atoms with E-state index in [1.807, 2.05) is 6.07 Å². The molecule has 0 saturated heterocycles. The van der Waals surface area contributed by atoms with E-state index in [1.54, 1.807) is 66.7 Å². The maximum Gasteiger partial charge on any atom is 0.264 e. The summed E-state index contributed by atoms with van der Waals surface area (Å²) in [6.45, 7) is -0.340. The van der Waals surface area contributed by atoms with Crippen LogP contribution in [0.3, 0.4) is 0 Å². The SMILES string of the molecule is O=C(CN(c1ccccc1)S(=O)(=O)c1ccccc1)Nc1cccc(Br)c1. The van der Waals surface area contributed by atoms with Crippen LogP contribution in [-0.2, 0) is 14.8 Å². The number of benzene rings is 3. The summed E-state index contributed by atoms with van der Waals surface area (Å²) in [6, 6.07) is 23.7. The second kappa shape index (κ2) is 8.37. The molecule has 0 heterocycles. The highest BCUT2D eigenvalue weighted by Gasteiger charge is 2.26. The first-order valence-corrected chi connectivity index (χ1v) is 10.4. The number of sulfonamides is 1. The number of anilines is 2. The molecule has 138 valence electrons. The highest BCUT2D eigenvalue weighted by Crippen LogP contribution is 2.23. The van der Waals surface area contributed by atoms with Crippen molar-refractivity contribution in [1.29, 1.82) is 0 Å². The predicted octanol–water partition coefficient (Wildman–Crippen LogP) is 4.28. The van der Waals surface area contributed by atoms with Gasteiger partial charge in [0.15, 0.2) is 0 Å². The third kappa shape index (κ3) is 4.75. The highest BCUT2D eigenvalue weighted by atomic mass is 79.9. The first-order chi connectivity index (χ1) is 13.0. The molecule has 0 aliphatic carbocycles. The van der Waals surface area contributed by atoms with Crippen molar-refractivity contribution in [3.8, 4) is 0 Å². The molecule has 0 aromatic heterocycles. The van der Waals surface area contributed by atoms with Crippen molar-refractivity contribution in [2.75, 3.05) is 16.2 Å². The first kappa shape index (κ1) is 19.1. The standard InChI is InChI=1S/C20H17BrN2O3S/c21-16-8-7-9-17(14-16)22-20(24)15-23(18-10-3-1-4-11-18)27(25,26)19-12-5-2-6-13-19/h1-14H,15H2,(H,22,24). The Bertz CT molecular complexity index is 1030. The van der Waals surface area contributed by atoms with Gasteiger partial charge in [0.05, 0.1) is 10.6 Å². The van der Waals surface area contributed by atoms with Crippen LogP contribution in [0.2, 0.25) is 0 Å². The van der Waals surface area contributed by atoms with Gasteiger partial charge >= 0.3 is 0 Å². The van der Waals surface area contributed by atoms with Crippen molar-refractivity contribution >= 4 is 43.2 Å². The number of amides is 1. The van der Waals surface area contributed by atoms with E-state index in [2.05, 4.69) is 21.2 Å². The van der Waals surface area contributed by atoms with Crippen molar-refractivity contribution in [2.24, 2.45) is 0 Å². The fraction of sp³-hybridized carbons (Fsp3) is 0.0500. The summed E-state index contributed by atoms with van der Waals surface area (Å²) in [5, 5.41) is 2.73. The Morgan fingerprint density at radius 1 is 0.889 bits per heavy atom. The molecule has 0 bridgehead atoms. The fourth-order valence-corrected chi connectivity index (χ4v) is 4.37. The molecule has 0 saturated carbocycles. The molecule has 1 N–H and O–H groups in total. The highest BCUT2D eigenvalue weighted by molar-refractivity contribution is 9.10. The van der Waals surface area contributed by atoms with Crippen molar-refractivity contribution in [1.82, 2.24) is 0 Å². The minimum absolute atomic E-state index is 0.129. The van der Waals surface area contributed by atoms with Crippen LogP contribution < -0.4 is 9.62 Å². The summed E-state index contributed by atoms with van der Waals surface area (Å²) < 4.78 is 28.2. The van der Waals surface area contributed by atoms with Crippen LogP contribution in [0.5, 0.6) is 0 Å². The molecular formula is C20H17BrN2O3S. The summed E-state index contributed by atoms with van der Waals surface area (Å²) in [6.07, 6.45) is 0. The normalized spacial score (nSPS) is 11.0. The van der Waals surface area contributed by atoms with Crippen molar-refractivity contribution in [3.05, 3.63) is 89.4 Å². The van der Waals surface area contributed by atoms with Crippen LogP contribution in [0.15, 0.2) is 94.3 Å². The third-order valence-electron chi connectivity index (χ3n) is 3.77. The van der Waals surface area contributed by atoms with Gasteiger partial charge in [0.25, 0.3) is 10.0 Å². The molecule has 27 heavy (non-hydrogen) atoms. The average molecular weight is 445 g/mol. The van der Waals surface area contributed by atoms with E-state index in [1.165, 1.54) is 12.1 Å². The number of hydrogen-bond acceptors (Lipinski definition) is 3. The van der Waals surface area contributed by atoms with Gasteiger partial charge in [-0.25, -0.2) is 8.42 Å². The van der Waals surface area contributed by atoms with Gasteiger partial charge in [0.1, 0.15) is 6.54 Å². The molecule has 3 aromatic carbocycles. The molecule has 3 aromatic rings. The minimum Gasteiger partial charge on any atom is -0.324 e. The summed E-state index contributed by atoms with van der Waals surface area (Å²) in [5.41, 5.74) is 1.00. The lowest BCUT2D eigenvalue weighted by Crippen LogP contribution is -2.38. The number of para-hydroxylation sites is 1. The molecular weight excluding hydrogens is 428 g/mol. The molecule has 0 radical (unpaired) electrons. The molecule has 3 rings (SSSR count). The molecule has 1 amide bonds. The lowest BCUT2D eigenvalue weighted by atomic mass is 10.3. The van der Waals surface area contributed by atoms with Crippen LogP contribution in [0, 0.1) is 0 Å². The number of hydrogen-bond donors (Lipinski definition) is 1. The van der Waals surface area contributed by atoms with Crippen LogP contribution in [0.25, 0.3) is 0 Å². The number of carbonyl (C=O) groups excluding carboxylic acids is 1. The van der Waals surface area contributed by atoms with E-state index in [0.29, 0.717) is 11.4 Å². The summed E-state index contributed by atoms with van der Waals surface area (Å²) >= 11 is 3.34. The second-order valence-electron chi connectivity index (χ2n) is 5.72. The predicted molar refractivity (Wildman–Crippen MR) is 110 cm³/mol. The molecule has 0 atom stereocenters. The van der Waals surface area contributed by atoms with Crippen LogP contribution >= 0.6 is 15.9 Å². The van der Waals surface area contributed by atoms with Gasteiger partial charge in [-0.3, -0.25) is 9.10 Å². The van der Waals surface area contributed by atoms with E-state index in [9.17, 15) is 13.2 Å². The summed E-state index contributed by atoms with van der Waals surface area (Å²) in [5.74, 6) is -0.434. The molecule has 0 aliphatic rings. The van der Waals surface area contributed by atoms with Crippen molar-refractivity contribution in [2.45, 2.75) is 4.90 Å². The van der Waals surface area contributed by atoms with Gasteiger partial charge in [-0.1, -0.05) is 58.4 Å². The Balaban J connectivity index is 1.90. The van der Waals surface area contributed by atoms with Gasteiger partial charge < -0.3 is 5.32 Å². The molecule has 0 aliphatic heterocycles. The van der Waals surface area contributed by atoms with E-state index in [0.717, 1.165) is 8.78 Å². The Morgan fingerprint density at radius 2 is 1.52 bits per heavy atom.